The number of rotatable bonds is 12. The van der Waals surface area contributed by atoms with Gasteiger partial charge in [0.05, 0.1) is 22.6 Å². The van der Waals surface area contributed by atoms with E-state index in [1.807, 2.05) is 59.0 Å². The lowest BCUT2D eigenvalue weighted by atomic mass is 9.78. The van der Waals surface area contributed by atoms with Crippen molar-refractivity contribution in [2.24, 2.45) is 0 Å². The molecule has 1 heterocycles. The van der Waals surface area contributed by atoms with Gasteiger partial charge in [0.1, 0.15) is 46.3 Å². The predicted octanol–water partition coefficient (Wildman–Crippen LogP) is 3.72. The highest BCUT2D eigenvalue weighted by Gasteiger charge is 2.24. The topological polar surface area (TPSA) is 110 Å². The van der Waals surface area contributed by atoms with Gasteiger partial charge in [-0.3, -0.25) is 0 Å². The number of nitrogens with zero attached hydrogens (tertiary/aromatic N) is 3. The molecule has 2 atom stereocenters. The van der Waals surface area contributed by atoms with Crippen LogP contribution in [0.5, 0.6) is 11.5 Å². The van der Waals surface area contributed by atoms with Crippen molar-refractivity contribution in [3.8, 4) is 11.5 Å². The van der Waals surface area contributed by atoms with E-state index in [1.54, 1.807) is 4.68 Å². The highest BCUT2D eigenvalue weighted by molar-refractivity contribution is 14.1. The average molecular weight is 728 g/mol. The Morgan fingerprint density at radius 2 is 1.66 bits per heavy atom. The fraction of sp³-hybridized carbons (Fsp3) is 0.417. The van der Waals surface area contributed by atoms with Crippen LogP contribution in [0, 0.1) is 7.27 Å². The molecule has 2 unspecified atom stereocenters. The molecule has 3 rings (SSSR count). The van der Waals surface area contributed by atoms with E-state index in [4.69, 9.17) is 21.1 Å². The van der Waals surface area contributed by atoms with Crippen molar-refractivity contribution in [2.75, 3.05) is 19.1 Å². The summed E-state index contributed by atoms with van der Waals surface area (Å²) in [7, 11) is 0. The van der Waals surface area contributed by atoms with Crippen LogP contribution in [0.1, 0.15) is 30.7 Å². The SMILES string of the molecule is CC(C)(c1ccc(OCC(O)CCl)cc1)c1ccc(OCC(O)Cn2nnc(CO)c2I)c(I)c1. The highest BCUT2D eigenvalue weighted by Crippen LogP contribution is 2.35. The van der Waals surface area contributed by atoms with E-state index < -0.39 is 12.2 Å². The van der Waals surface area contributed by atoms with Gasteiger partial charge in [-0.05, 0) is 80.6 Å². The summed E-state index contributed by atoms with van der Waals surface area (Å²) in [5.41, 5.74) is 2.46. The van der Waals surface area contributed by atoms with E-state index in [0.29, 0.717) is 20.9 Å². The lowest BCUT2D eigenvalue weighted by Gasteiger charge is -2.27. The van der Waals surface area contributed by atoms with Crippen molar-refractivity contribution in [3.63, 3.8) is 0 Å². The fourth-order valence-electron chi connectivity index (χ4n) is 3.37. The number of halogens is 3. The molecule has 0 saturated heterocycles. The van der Waals surface area contributed by atoms with Crippen LogP contribution in [0.4, 0.5) is 0 Å². The Morgan fingerprint density at radius 1 is 1.00 bits per heavy atom. The van der Waals surface area contributed by atoms with Crippen LogP contribution < -0.4 is 9.47 Å². The van der Waals surface area contributed by atoms with E-state index in [2.05, 4.69) is 52.8 Å². The molecule has 8 nitrogen and oxygen atoms in total. The molecule has 0 radical (unpaired) electrons. The summed E-state index contributed by atoms with van der Waals surface area (Å²) in [6.07, 6.45) is -1.47. The van der Waals surface area contributed by atoms with Gasteiger partial charge >= 0.3 is 0 Å². The Balaban J connectivity index is 1.62. The van der Waals surface area contributed by atoms with Gasteiger partial charge in [0.2, 0.25) is 0 Å². The zero-order valence-electron chi connectivity index (χ0n) is 19.4. The molecule has 11 heteroatoms. The maximum absolute atomic E-state index is 10.4. The number of ether oxygens (including phenoxy) is 2. The number of aromatic nitrogens is 3. The van der Waals surface area contributed by atoms with Crippen LogP contribution >= 0.6 is 56.8 Å². The van der Waals surface area contributed by atoms with Gasteiger partial charge in [0, 0.05) is 5.41 Å². The average Bonchev–Trinajstić information content (AvgIpc) is 3.20. The Morgan fingerprint density at radius 3 is 2.26 bits per heavy atom. The Bertz CT molecular complexity index is 1110. The van der Waals surface area contributed by atoms with Crippen molar-refractivity contribution in [1.82, 2.24) is 15.0 Å². The minimum absolute atomic E-state index is 0.100. The second-order valence-corrected chi connectivity index (χ2v) is 11.0. The van der Waals surface area contributed by atoms with Crippen LogP contribution in [-0.2, 0) is 18.6 Å². The van der Waals surface area contributed by atoms with Crippen molar-refractivity contribution < 1.29 is 24.8 Å². The van der Waals surface area contributed by atoms with E-state index in [-0.39, 0.29) is 37.7 Å². The molecule has 0 fully saturated rings. The lowest BCUT2D eigenvalue weighted by Crippen LogP contribution is -2.25. The predicted molar refractivity (Wildman–Crippen MR) is 150 cm³/mol. The second kappa shape index (κ2) is 12.9. The Kier molecular flexibility index (Phi) is 10.4. The third kappa shape index (κ3) is 7.41. The molecule has 3 aromatic rings. The van der Waals surface area contributed by atoms with Gasteiger partial charge in [-0.2, -0.15) is 0 Å². The minimum atomic E-state index is -0.782. The largest absolute Gasteiger partial charge is 0.491 e. The minimum Gasteiger partial charge on any atom is -0.491 e. The van der Waals surface area contributed by atoms with E-state index in [0.717, 1.165) is 14.7 Å². The molecule has 35 heavy (non-hydrogen) atoms. The molecule has 3 N–H and O–H groups in total. The molecule has 0 amide bonds. The molecule has 1 aromatic heterocycles. The van der Waals surface area contributed by atoms with Crippen LogP contribution in [0.25, 0.3) is 0 Å². The lowest BCUT2D eigenvalue weighted by molar-refractivity contribution is 0.0877. The first-order valence-electron chi connectivity index (χ1n) is 10.9. The quantitative estimate of drug-likeness (QED) is 0.193. The monoisotopic (exact) mass is 727 g/mol. The first-order valence-corrected chi connectivity index (χ1v) is 13.6. The van der Waals surface area contributed by atoms with Crippen molar-refractivity contribution in [2.45, 2.75) is 44.6 Å². The fourth-order valence-corrected chi connectivity index (χ4v) is 4.70. The van der Waals surface area contributed by atoms with Crippen LogP contribution in [0.15, 0.2) is 42.5 Å². The Labute approximate surface area is 236 Å². The van der Waals surface area contributed by atoms with E-state index >= 15 is 0 Å². The molecule has 0 saturated carbocycles. The summed E-state index contributed by atoms with van der Waals surface area (Å²) in [5, 5.41) is 37.0. The van der Waals surface area contributed by atoms with Gasteiger partial charge in [-0.25, -0.2) is 4.68 Å². The third-order valence-electron chi connectivity index (χ3n) is 5.55. The summed E-state index contributed by atoms with van der Waals surface area (Å²) in [6, 6.07) is 13.8. The van der Waals surface area contributed by atoms with Crippen molar-refractivity contribution in [3.05, 3.63) is 66.6 Å². The summed E-state index contributed by atoms with van der Waals surface area (Å²) in [6.45, 7) is 4.58. The zero-order valence-corrected chi connectivity index (χ0v) is 24.4. The van der Waals surface area contributed by atoms with Gasteiger partial charge in [0.25, 0.3) is 0 Å². The molecular weight excluding hydrogens is 700 g/mol. The number of alkyl halides is 1. The number of aliphatic hydroxyl groups is 3. The number of benzene rings is 2. The summed E-state index contributed by atoms with van der Waals surface area (Å²) >= 11 is 9.89. The smallest absolute Gasteiger partial charge is 0.132 e. The second-order valence-electron chi connectivity index (χ2n) is 8.55. The number of hydrogen-bond acceptors (Lipinski definition) is 7. The summed E-state index contributed by atoms with van der Waals surface area (Å²) in [4.78, 5) is 0. The van der Waals surface area contributed by atoms with Crippen LogP contribution in [-0.4, -0.2) is 61.6 Å². The van der Waals surface area contributed by atoms with E-state index in [9.17, 15) is 15.3 Å². The first-order chi connectivity index (χ1) is 16.6. The molecule has 0 aliphatic carbocycles. The molecule has 0 aliphatic heterocycles. The molecule has 0 bridgehead atoms. The van der Waals surface area contributed by atoms with Crippen molar-refractivity contribution >= 4 is 56.8 Å². The van der Waals surface area contributed by atoms with Gasteiger partial charge in [-0.15, -0.1) is 16.7 Å². The summed E-state index contributed by atoms with van der Waals surface area (Å²) in [5.74, 6) is 1.50. The van der Waals surface area contributed by atoms with Gasteiger partial charge in [-0.1, -0.05) is 37.3 Å². The van der Waals surface area contributed by atoms with Crippen LogP contribution in [0.3, 0.4) is 0 Å². The van der Waals surface area contributed by atoms with E-state index in [1.165, 1.54) is 0 Å². The van der Waals surface area contributed by atoms with Crippen LogP contribution in [0.2, 0.25) is 0 Å². The maximum Gasteiger partial charge on any atom is 0.132 e. The molecule has 2 aromatic carbocycles. The normalized spacial score (nSPS) is 13.5. The summed E-state index contributed by atoms with van der Waals surface area (Å²) < 4.78 is 14.6. The van der Waals surface area contributed by atoms with Gasteiger partial charge < -0.3 is 24.8 Å². The third-order valence-corrected chi connectivity index (χ3v) is 7.93. The highest BCUT2D eigenvalue weighted by atomic mass is 127. The maximum atomic E-state index is 10.4. The molecule has 0 spiro atoms. The first kappa shape index (κ1) is 28.4. The number of hydrogen-bond donors (Lipinski definition) is 3. The standard InChI is InChI=1S/C24H28ClI2N3O5/c1-24(2,15-3-6-19(7-4-15)34-13-17(32)10-25)16-5-8-22(20(26)9-16)35-14-18(33)11-30-23(27)21(12-31)28-29-30/h3-9,17-18,31-33H,10-14H2,1-2H3. The zero-order chi connectivity index (χ0) is 25.6. The molecule has 190 valence electrons. The van der Waals surface area contributed by atoms with Gasteiger partial charge in [0.15, 0.2) is 0 Å². The van der Waals surface area contributed by atoms with Crippen molar-refractivity contribution in [1.29, 1.82) is 0 Å². The molecule has 0 aliphatic rings. The molecular formula is C24H28ClI2N3O5. The Hall–Kier alpha value is -1.19. The number of aliphatic hydroxyl groups excluding tert-OH is 3.